The van der Waals surface area contributed by atoms with Crippen molar-refractivity contribution in [2.75, 3.05) is 21.1 Å². The van der Waals surface area contributed by atoms with E-state index >= 15 is 0 Å². The number of oxazole rings is 1. The molecule has 1 amide bonds. The summed E-state index contributed by atoms with van der Waals surface area (Å²) in [6.45, 7) is 0. The highest BCUT2D eigenvalue weighted by molar-refractivity contribution is 7.93. The van der Waals surface area contributed by atoms with Crippen LogP contribution in [0.4, 0.5) is 11.7 Å². The third-order valence-corrected chi connectivity index (χ3v) is 11.3. The SMILES string of the molecule is N#Cc1cccc(S(=O)(=O)N2c3ccc(C(=O)Nc4ncco4)cc3C3(CCS(=O)(=O)CC3)C2C2CC2)c1. The maximum absolute atomic E-state index is 14.2. The van der Waals surface area contributed by atoms with E-state index in [2.05, 4.69) is 10.3 Å². The fourth-order valence-electron chi connectivity index (χ4n) is 5.90. The summed E-state index contributed by atoms with van der Waals surface area (Å²) in [6.07, 6.45) is 4.92. The molecule has 12 heteroatoms. The standard InChI is InChI=1S/C26H24N4O6S2/c27-16-17-2-1-3-20(14-17)38(34,35)30-22-7-6-19(24(31)29-25-28-10-11-36-25)15-21(22)26(23(30)18-4-5-18)8-12-37(32,33)13-9-26/h1-3,6-7,10-11,14-15,18,23H,4-5,8-9,12-13H2,(H,28,29,31). The van der Waals surface area contributed by atoms with Gasteiger partial charge in [-0.2, -0.15) is 5.26 Å². The first-order chi connectivity index (χ1) is 18.1. The summed E-state index contributed by atoms with van der Waals surface area (Å²) < 4.78 is 59.9. The molecule has 2 aromatic carbocycles. The number of hydrogen-bond donors (Lipinski definition) is 1. The Labute approximate surface area is 220 Å². The van der Waals surface area contributed by atoms with Crippen LogP contribution in [0.25, 0.3) is 0 Å². The highest BCUT2D eigenvalue weighted by atomic mass is 32.2. The summed E-state index contributed by atoms with van der Waals surface area (Å²) in [6, 6.07) is 12.3. The summed E-state index contributed by atoms with van der Waals surface area (Å²) in [7, 11) is -7.37. The number of nitriles is 1. The molecule has 1 saturated carbocycles. The smallest absolute Gasteiger partial charge is 0.301 e. The number of sulfone groups is 1. The summed E-state index contributed by atoms with van der Waals surface area (Å²) in [5, 5.41) is 11.9. The van der Waals surface area contributed by atoms with E-state index in [1.165, 1.54) is 35.0 Å². The minimum atomic E-state index is -4.11. The maximum Gasteiger partial charge on any atom is 0.301 e. The van der Waals surface area contributed by atoms with Crippen molar-refractivity contribution < 1.29 is 26.0 Å². The monoisotopic (exact) mass is 552 g/mol. The fraction of sp³-hybridized carbons (Fsp3) is 0.346. The van der Waals surface area contributed by atoms with Crippen LogP contribution in [0.1, 0.15) is 47.2 Å². The second-order valence-electron chi connectivity index (χ2n) is 10.1. The third-order valence-electron chi connectivity index (χ3n) is 7.81. The number of carbonyl (C=O) groups is 1. The summed E-state index contributed by atoms with van der Waals surface area (Å²) in [4.78, 5) is 16.9. The normalized spacial score (nSPS) is 21.6. The molecule has 1 atom stereocenters. The second-order valence-corrected chi connectivity index (χ2v) is 14.2. The van der Waals surface area contributed by atoms with Crippen LogP contribution < -0.4 is 9.62 Å². The Morgan fingerprint density at radius 2 is 1.92 bits per heavy atom. The van der Waals surface area contributed by atoms with Crippen molar-refractivity contribution >= 4 is 37.5 Å². The molecule has 2 fully saturated rings. The Bertz CT molecular complexity index is 1680. The molecule has 1 N–H and O–H groups in total. The van der Waals surface area contributed by atoms with Gasteiger partial charge in [0.15, 0.2) is 0 Å². The molecular weight excluding hydrogens is 528 g/mol. The molecule has 10 nitrogen and oxygen atoms in total. The van der Waals surface area contributed by atoms with E-state index in [4.69, 9.17) is 4.42 Å². The zero-order valence-corrected chi connectivity index (χ0v) is 21.8. The molecule has 1 aromatic heterocycles. The predicted octanol–water partition coefficient (Wildman–Crippen LogP) is 3.23. The Morgan fingerprint density at radius 3 is 2.58 bits per heavy atom. The molecule has 3 aliphatic rings. The van der Waals surface area contributed by atoms with E-state index in [0.717, 1.165) is 12.8 Å². The topological polar surface area (TPSA) is 150 Å². The van der Waals surface area contributed by atoms with Gasteiger partial charge in [-0.3, -0.25) is 14.4 Å². The number of nitrogens with one attached hydrogen (secondary N) is 1. The Balaban J connectivity index is 1.51. The third kappa shape index (κ3) is 3.97. The van der Waals surface area contributed by atoms with Crippen LogP contribution in [0.2, 0.25) is 0 Å². The van der Waals surface area contributed by atoms with Gasteiger partial charge < -0.3 is 4.42 Å². The number of benzene rings is 2. The largest absolute Gasteiger partial charge is 0.432 e. The summed E-state index contributed by atoms with van der Waals surface area (Å²) in [5.41, 5.74) is 0.849. The molecule has 38 heavy (non-hydrogen) atoms. The second kappa shape index (κ2) is 8.68. The summed E-state index contributed by atoms with van der Waals surface area (Å²) >= 11 is 0. The van der Waals surface area contributed by atoms with Crippen LogP contribution in [0.5, 0.6) is 0 Å². The predicted molar refractivity (Wildman–Crippen MR) is 138 cm³/mol. The summed E-state index contributed by atoms with van der Waals surface area (Å²) in [5.74, 6) is -0.526. The first kappa shape index (κ1) is 24.6. The van der Waals surface area contributed by atoms with Gasteiger partial charge in [-0.15, -0.1) is 0 Å². The van der Waals surface area contributed by atoms with E-state index in [0.29, 0.717) is 11.3 Å². The highest BCUT2D eigenvalue weighted by Gasteiger charge is 2.60. The molecule has 196 valence electrons. The number of nitrogens with zero attached hydrogens (tertiary/aromatic N) is 3. The number of anilines is 2. The Morgan fingerprint density at radius 1 is 1.16 bits per heavy atom. The zero-order chi connectivity index (χ0) is 26.7. The quantitative estimate of drug-likeness (QED) is 0.507. The van der Waals surface area contributed by atoms with Crippen molar-refractivity contribution in [2.45, 2.75) is 42.0 Å². The van der Waals surface area contributed by atoms with Crippen molar-refractivity contribution in [1.82, 2.24) is 4.98 Å². The number of rotatable bonds is 5. The van der Waals surface area contributed by atoms with Gasteiger partial charge in [0.1, 0.15) is 16.1 Å². The van der Waals surface area contributed by atoms with Gasteiger partial charge in [0.25, 0.3) is 15.9 Å². The molecular formula is C26H24N4O6S2. The number of fused-ring (bicyclic) bond motifs is 2. The lowest BCUT2D eigenvalue weighted by Crippen LogP contribution is -2.52. The minimum absolute atomic E-state index is 0.000607. The van der Waals surface area contributed by atoms with Gasteiger partial charge in [0.2, 0.25) is 0 Å². The van der Waals surface area contributed by atoms with Gasteiger partial charge in [0.05, 0.1) is 46.0 Å². The lowest BCUT2D eigenvalue weighted by Gasteiger charge is -2.41. The lowest BCUT2D eigenvalue weighted by molar-refractivity contribution is 0.102. The number of sulfonamides is 1. The molecule has 1 unspecified atom stereocenters. The number of amides is 1. The van der Waals surface area contributed by atoms with Crippen molar-refractivity contribution in [3.63, 3.8) is 0 Å². The number of aromatic nitrogens is 1. The number of carbonyl (C=O) groups excluding carboxylic acids is 1. The Hall–Kier alpha value is -3.69. The van der Waals surface area contributed by atoms with E-state index in [9.17, 15) is 26.9 Å². The molecule has 0 bridgehead atoms. The van der Waals surface area contributed by atoms with Gasteiger partial charge in [-0.1, -0.05) is 6.07 Å². The van der Waals surface area contributed by atoms with Gasteiger partial charge in [-0.25, -0.2) is 21.8 Å². The molecule has 1 saturated heterocycles. The first-order valence-corrected chi connectivity index (χ1v) is 15.5. The van der Waals surface area contributed by atoms with E-state index in [1.807, 2.05) is 6.07 Å². The van der Waals surface area contributed by atoms with Crippen molar-refractivity contribution in [3.8, 4) is 6.07 Å². The molecule has 1 spiro atoms. The molecule has 3 aromatic rings. The van der Waals surface area contributed by atoms with Gasteiger partial charge >= 0.3 is 6.01 Å². The van der Waals surface area contributed by atoms with Crippen LogP contribution in [-0.2, 0) is 25.3 Å². The molecule has 1 aliphatic carbocycles. The fourth-order valence-corrected chi connectivity index (χ4v) is 9.30. The van der Waals surface area contributed by atoms with Crippen LogP contribution in [-0.4, -0.2) is 45.3 Å². The molecule has 2 aliphatic heterocycles. The average Bonchev–Trinajstić information content (AvgIpc) is 3.53. The van der Waals surface area contributed by atoms with Gasteiger partial charge in [-0.05, 0) is 73.6 Å². The molecule has 0 radical (unpaired) electrons. The van der Waals surface area contributed by atoms with Crippen molar-refractivity contribution in [2.24, 2.45) is 5.92 Å². The maximum atomic E-state index is 14.2. The van der Waals surface area contributed by atoms with Crippen molar-refractivity contribution in [3.05, 3.63) is 71.6 Å². The van der Waals surface area contributed by atoms with Crippen LogP contribution in [0.15, 0.2) is 64.2 Å². The van der Waals surface area contributed by atoms with E-state index < -0.39 is 37.2 Å². The first-order valence-electron chi connectivity index (χ1n) is 12.3. The van der Waals surface area contributed by atoms with E-state index in [1.54, 1.807) is 24.3 Å². The average molecular weight is 553 g/mol. The van der Waals surface area contributed by atoms with Crippen LogP contribution in [0, 0.1) is 17.2 Å². The van der Waals surface area contributed by atoms with E-state index in [-0.39, 0.29) is 52.3 Å². The Kier molecular flexibility index (Phi) is 5.62. The zero-order valence-electron chi connectivity index (χ0n) is 20.2. The molecule has 3 heterocycles. The molecule has 6 rings (SSSR count). The van der Waals surface area contributed by atoms with Crippen LogP contribution >= 0.6 is 0 Å². The van der Waals surface area contributed by atoms with Gasteiger partial charge in [0, 0.05) is 11.0 Å². The van der Waals surface area contributed by atoms with Crippen LogP contribution in [0.3, 0.4) is 0 Å². The van der Waals surface area contributed by atoms with Crippen molar-refractivity contribution in [1.29, 1.82) is 5.26 Å². The lowest BCUT2D eigenvalue weighted by atomic mass is 9.70. The highest BCUT2D eigenvalue weighted by Crippen LogP contribution is 2.59. The number of hydrogen-bond acceptors (Lipinski definition) is 8. The minimum Gasteiger partial charge on any atom is -0.432 e.